The molecule has 1 N–H and O–H groups in total. The summed E-state index contributed by atoms with van der Waals surface area (Å²) >= 11 is 0. The van der Waals surface area contributed by atoms with Crippen LogP contribution in [-0.2, 0) is 25.5 Å². The number of likely N-dealkylation sites (N-methyl/N-ethyl adjacent to an activating group) is 1. The van der Waals surface area contributed by atoms with Gasteiger partial charge in [-0.15, -0.1) is 0 Å². The summed E-state index contributed by atoms with van der Waals surface area (Å²) in [6.07, 6.45) is -0.539. The Bertz CT molecular complexity index is 1870. The summed E-state index contributed by atoms with van der Waals surface area (Å²) in [7, 11) is 5.05. The number of amides is 1. The standard InChI is InChI=1S/C30H28N4O5/c1-32(14-22(35)37-2)20-12-21-33-18-10-6-5-9-16(18)24-25-17(13-31-29(25)36)23-15-8-4-7-11-19(15)34(26(23)27(24)33)30(39-21)28(20)38-3/h4-11,20-21,28,30H,12-14H2,1-3H3,(H,31,36). The van der Waals surface area contributed by atoms with E-state index in [1.807, 2.05) is 36.2 Å². The van der Waals surface area contributed by atoms with Crippen LogP contribution in [-0.4, -0.2) is 65.9 Å². The number of hydrogen-bond acceptors (Lipinski definition) is 6. The van der Waals surface area contributed by atoms with Crippen LogP contribution in [0.15, 0.2) is 48.5 Å². The molecule has 3 aliphatic heterocycles. The van der Waals surface area contributed by atoms with Gasteiger partial charge in [-0.05, 0) is 24.7 Å². The van der Waals surface area contributed by atoms with E-state index >= 15 is 0 Å². The van der Waals surface area contributed by atoms with Gasteiger partial charge in [-0.2, -0.15) is 0 Å². The molecule has 0 spiro atoms. The highest BCUT2D eigenvalue weighted by atomic mass is 16.6. The minimum absolute atomic E-state index is 0.0368. The maximum absolute atomic E-state index is 13.4. The number of nitrogens with one attached hydrogen (secondary N) is 1. The first-order valence-electron chi connectivity index (χ1n) is 13.3. The Morgan fingerprint density at radius 3 is 2.41 bits per heavy atom. The molecule has 5 heterocycles. The number of aromatic nitrogens is 2. The zero-order valence-electron chi connectivity index (χ0n) is 21.9. The lowest BCUT2D eigenvalue weighted by Crippen LogP contribution is -2.53. The van der Waals surface area contributed by atoms with E-state index in [2.05, 4.69) is 38.7 Å². The molecule has 198 valence electrons. The van der Waals surface area contributed by atoms with Crippen molar-refractivity contribution in [1.82, 2.24) is 19.4 Å². The Labute approximate surface area is 223 Å². The van der Waals surface area contributed by atoms with Crippen molar-refractivity contribution in [3.8, 4) is 0 Å². The van der Waals surface area contributed by atoms with Crippen molar-refractivity contribution in [2.24, 2.45) is 0 Å². The number of carbonyl (C=O) groups is 2. The van der Waals surface area contributed by atoms with Gasteiger partial charge in [0.05, 0.1) is 41.3 Å². The maximum atomic E-state index is 13.4. The molecule has 4 unspecified atom stereocenters. The van der Waals surface area contributed by atoms with Gasteiger partial charge in [0.15, 0.2) is 6.23 Å². The Kier molecular flexibility index (Phi) is 4.75. The minimum atomic E-state index is -0.453. The maximum Gasteiger partial charge on any atom is 0.319 e. The number of nitrogens with zero attached hydrogens (tertiary/aromatic N) is 3. The van der Waals surface area contributed by atoms with E-state index in [0.717, 1.165) is 54.7 Å². The SMILES string of the molecule is COC(=O)CN(C)C1CC2OC(C1OC)n1c3ccccc3c3c4c(c5c6ccccc6n2c5c31)C(=O)NC4. The van der Waals surface area contributed by atoms with Gasteiger partial charge in [0.2, 0.25) is 0 Å². The second-order valence-electron chi connectivity index (χ2n) is 10.7. The molecule has 5 aromatic rings. The van der Waals surface area contributed by atoms with Gasteiger partial charge in [-0.25, -0.2) is 0 Å². The van der Waals surface area contributed by atoms with Crippen molar-refractivity contribution >= 4 is 55.5 Å². The number of benzene rings is 3. The van der Waals surface area contributed by atoms with Gasteiger partial charge in [0, 0.05) is 47.7 Å². The fraction of sp³-hybridized carbons (Fsp3) is 0.333. The minimum Gasteiger partial charge on any atom is -0.468 e. The van der Waals surface area contributed by atoms with Crippen LogP contribution in [0.2, 0.25) is 0 Å². The number of ether oxygens (including phenoxy) is 3. The first-order valence-corrected chi connectivity index (χ1v) is 13.3. The Hall–Kier alpha value is -3.92. The monoisotopic (exact) mass is 524 g/mol. The summed E-state index contributed by atoms with van der Waals surface area (Å²) in [4.78, 5) is 27.7. The molecule has 2 aromatic heterocycles. The third-order valence-corrected chi connectivity index (χ3v) is 8.94. The molecular formula is C30H28N4O5. The van der Waals surface area contributed by atoms with E-state index in [1.165, 1.54) is 7.11 Å². The van der Waals surface area contributed by atoms with Crippen LogP contribution in [0, 0.1) is 0 Å². The summed E-state index contributed by atoms with van der Waals surface area (Å²) < 4.78 is 22.7. The lowest BCUT2D eigenvalue weighted by atomic mass is 9.97. The van der Waals surface area contributed by atoms with Gasteiger partial charge >= 0.3 is 5.97 Å². The van der Waals surface area contributed by atoms with Crippen LogP contribution >= 0.6 is 0 Å². The highest BCUT2D eigenvalue weighted by Crippen LogP contribution is 2.52. The zero-order chi connectivity index (χ0) is 26.6. The topological polar surface area (TPSA) is 87.0 Å². The summed E-state index contributed by atoms with van der Waals surface area (Å²) in [6.45, 7) is 0.632. The Morgan fingerprint density at radius 2 is 1.69 bits per heavy atom. The molecule has 0 radical (unpaired) electrons. The summed E-state index contributed by atoms with van der Waals surface area (Å²) in [6, 6.07) is 16.4. The molecule has 0 saturated carbocycles. The molecular weight excluding hydrogens is 496 g/mol. The van der Waals surface area contributed by atoms with Gasteiger partial charge in [0.1, 0.15) is 12.3 Å². The fourth-order valence-electron chi connectivity index (χ4n) is 7.36. The second-order valence-corrected chi connectivity index (χ2v) is 10.7. The highest BCUT2D eigenvalue weighted by molar-refractivity contribution is 6.30. The lowest BCUT2D eigenvalue weighted by Gasteiger charge is -2.44. The van der Waals surface area contributed by atoms with Crippen molar-refractivity contribution in [3.63, 3.8) is 0 Å². The van der Waals surface area contributed by atoms with E-state index < -0.39 is 6.23 Å². The van der Waals surface area contributed by atoms with E-state index in [0.29, 0.717) is 13.0 Å². The van der Waals surface area contributed by atoms with E-state index in [1.54, 1.807) is 7.11 Å². The fourth-order valence-corrected chi connectivity index (χ4v) is 7.36. The molecule has 3 aliphatic rings. The molecule has 2 bridgehead atoms. The molecule has 0 aliphatic carbocycles. The molecule has 9 nitrogen and oxygen atoms in total. The molecule has 1 fully saturated rings. The lowest BCUT2D eigenvalue weighted by molar-refractivity contribution is -0.208. The highest BCUT2D eigenvalue weighted by Gasteiger charge is 2.47. The Morgan fingerprint density at radius 1 is 1.03 bits per heavy atom. The van der Waals surface area contributed by atoms with Crippen molar-refractivity contribution in [3.05, 3.63) is 59.7 Å². The summed E-state index contributed by atoms with van der Waals surface area (Å²) in [5.41, 5.74) is 5.91. The molecule has 4 atom stereocenters. The van der Waals surface area contributed by atoms with Crippen molar-refractivity contribution in [2.45, 2.75) is 37.6 Å². The number of fused-ring (bicyclic) bond motifs is 13. The van der Waals surface area contributed by atoms with Crippen LogP contribution in [0.5, 0.6) is 0 Å². The van der Waals surface area contributed by atoms with Crippen LogP contribution < -0.4 is 5.32 Å². The molecule has 1 saturated heterocycles. The van der Waals surface area contributed by atoms with Crippen molar-refractivity contribution in [2.75, 3.05) is 27.8 Å². The van der Waals surface area contributed by atoms with Crippen LogP contribution in [0.4, 0.5) is 0 Å². The van der Waals surface area contributed by atoms with Gasteiger partial charge in [-0.3, -0.25) is 14.5 Å². The van der Waals surface area contributed by atoms with E-state index in [-0.39, 0.29) is 36.8 Å². The molecule has 3 aromatic carbocycles. The zero-order valence-corrected chi connectivity index (χ0v) is 21.9. The van der Waals surface area contributed by atoms with E-state index in [4.69, 9.17) is 14.2 Å². The first kappa shape index (κ1) is 23.0. The molecule has 9 heteroatoms. The predicted octanol–water partition coefficient (Wildman–Crippen LogP) is 4.07. The summed E-state index contributed by atoms with van der Waals surface area (Å²) in [5.74, 6) is -0.333. The quantitative estimate of drug-likeness (QED) is 0.357. The average molecular weight is 525 g/mol. The number of carbonyl (C=O) groups excluding carboxylic acids is 2. The second kappa shape index (κ2) is 8.05. The molecule has 8 rings (SSSR count). The van der Waals surface area contributed by atoms with Crippen molar-refractivity contribution < 1.29 is 23.8 Å². The Balaban J connectivity index is 1.54. The first-order chi connectivity index (χ1) is 19.0. The van der Waals surface area contributed by atoms with Gasteiger partial charge in [0.25, 0.3) is 5.91 Å². The van der Waals surface area contributed by atoms with Crippen LogP contribution in [0.1, 0.15) is 34.8 Å². The smallest absolute Gasteiger partial charge is 0.319 e. The third kappa shape index (κ3) is 2.84. The molecule has 1 amide bonds. The van der Waals surface area contributed by atoms with Gasteiger partial charge < -0.3 is 28.7 Å². The summed E-state index contributed by atoms with van der Waals surface area (Å²) in [5, 5.41) is 7.28. The average Bonchev–Trinajstić information content (AvgIpc) is 3.59. The van der Waals surface area contributed by atoms with Crippen LogP contribution in [0.25, 0.3) is 43.6 Å². The third-order valence-electron chi connectivity index (χ3n) is 8.94. The number of methoxy groups -OCH3 is 2. The number of esters is 1. The van der Waals surface area contributed by atoms with Gasteiger partial charge in [-0.1, -0.05) is 36.4 Å². The van der Waals surface area contributed by atoms with Crippen molar-refractivity contribution in [1.29, 1.82) is 0 Å². The normalized spacial score (nSPS) is 23.7. The number of rotatable bonds is 4. The predicted molar refractivity (Wildman–Crippen MR) is 147 cm³/mol. The largest absolute Gasteiger partial charge is 0.468 e. The van der Waals surface area contributed by atoms with E-state index in [9.17, 15) is 9.59 Å². The number of hydrogen-bond donors (Lipinski definition) is 1. The molecule has 39 heavy (non-hydrogen) atoms. The van der Waals surface area contributed by atoms with Crippen LogP contribution in [0.3, 0.4) is 0 Å². The number of para-hydroxylation sites is 2.